The normalized spacial score (nSPS) is 12.5. The van der Waals surface area contributed by atoms with Crippen LogP contribution in [0, 0.1) is 0 Å². The maximum Gasteiger partial charge on any atom is 0.119 e. The van der Waals surface area contributed by atoms with Crippen LogP contribution in [0.25, 0.3) is 0 Å². The maximum atomic E-state index is 5.40. The lowest BCUT2D eigenvalue weighted by molar-refractivity contribution is 0.340. The number of rotatable bonds is 6. The molecule has 0 saturated carbocycles. The van der Waals surface area contributed by atoms with Gasteiger partial charge in [0.05, 0.1) is 6.61 Å². The highest BCUT2D eigenvalue weighted by Crippen LogP contribution is 2.13. The highest BCUT2D eigenvalue weighted by atomic mass is 16.5. The molecule has 2 nitrogen and oxygen atoms in total. The van der Waals surface area contributed by atoms with E-state index in [1.165, 1.54) is 5.56 Å². The van der Waals surface area contributed by atoms with E-state index in [-0.39, 0.29) is 0 Å². The summed E-state index contributed by atoms with van der Waals surface area (Å²) in [7, 11) is 0. The van der Waals surface area contributed by atoms with E-state index >= 15 is 0 Å². The standard InChI is InChI=1S/C13H21NO/c1-4-14-11(3)10-12-6-8-13(9-7-12)15-5-2/h6-9,11,14H,4-5,10H2,1-3H3. The molecule has 0 heterocycles. The summed E-state index contributed by atoms with van der Waals surface area (Å²) < 4.78 is 5.40. The third-order valence-electron chi connectivity index (χ3n) is 2.33. The summed E-state index contributed by atoms with van der Waals surface area (Å²) in [6, 6.07) is 8.89. The fourth-order valence-electron chi connectivity index (χ4n) is 1.66. The molecule has 0 aromatic heterocycles. The predicted molar refractivity (Wildman–Crippen MR) is 64.5 cm³/mol. The molecule has 15 heavy (non-hydrogen) atoms. The van der Waals surface area contributed by atoms with Crippen LogP contribution in [0.5, 0.6) is 5.75 Å². The van der Waals surface area contributed by atoms with Gasteiger partial charge in [-0.1, -0.05) is 19.1 Å². The summed E-state index contributed by atoms with van der Waals surface area (Å²) in [4.78, 5) is 0. The van der Waals surface area contributed by atoms with Gasteiger partial charge in [0.2, 0.25) is 0 Å². The van der Waals surface area contributed by atoms with Crippen LogP contribution in [0.1, 0.15) is 26.3 Å². The van der Waals surface area contributed by atoms with E-state index in [2.05, 4.69) is 31.3 Å². The first-order valence-electron chi connectivity index (χ1n) is 5.71. The van der Waals surface area contributed by atoms with Crippen molar-refractivity contribution < 1.29 is 4.74 Å². The summed E-state index contributed by atoms with van der Waals surface area (Å²) in [6.07, 6.45) is 1.07. The highest BCUT2D eigenvalue weighted by molar-refractivity contribution is 5.27. The number of ether oxygens (including phenoxy) is 1. The van der Waals surface area contributed by atoms with Crippen molar-refractivity contribution in [3.05, 3.63) is 29.8 Å². The van der Waals surface area contributed by atoms with Crippen LogP contribution in [-0.4, -0.2) is 19.2 Å². The average Bonchev–Trinajstić information content (AvgIpc) is 2.22. The van der Waals surface area contributed by atoms with Gasteiger partial charge in [-0.15, -0.1) is 0 Å². The zero-order valence-electron chi connectivity index (χ0n) is 9.92. The summed E-state index contributed by atoms with van der Waals surface area (Å²) >= 11 is 0. The monoisotopic (exact) mass is 207 g/mol. The first-order valence-corrected chi connectivity index (χ1v) is 5.71. The van der Waals surface area contributed by atoms with Crippen molar-refractivity contribution in [2.45, 2.75) is 33.2 Å². The highest BCUT2D eigenvalue weighted by Gasteiger charge is 2.01. The van der Waals surface area contributed by atoms with Gasteiger partial charge >= 0.3 is 0 Å². The Bertz CT molecular complexity index is 268. The molecule has 0 aliphatic rings. The van der Waals surface area contributed by atoms with Gasteiger partial charge in [-0.2, -0.15) is 0 Å². The van der Waals surface area contributed by atoms with Gasteiger partial charge in [0.25, 0.3) is 0 Å². The molecule has 0 bridgehead atoms. The lowest BCUT2D eigenvalue weighted by Crippen LogP contribution is -2.27. The molecule has 1 N–H and O–H groups in total. The van der Waals surface area contributed by atoms with Crippen molar-refractivity contribution in [2.75, 3.05) is 13.2 Å². The molecule has 1 rings (SSSR count). The first kappa shape index (κ1) is 12.1. The van der Waals surface area contributed by atoms with E-state index in [0.29, 0.717) is 6.04 Å². The zero-order valence-corrected chi connectivity index (χ0v) is 9.92. The van der Waals surface area contributed by atoms with Crippen molar-refractivity contribution in [1.82, 2.24) is 5.32 Å². The second-order valence-corrected chi connectivity index (χ2v) is 3.74. The Labute approximate surface area is 92.6 Å². The average molecular weight is 207 g/mol. The molecule has 1 aromatic rings. The molecule has 1 aromatic carbocycles. The zero-order chi connectivity index (χ0) is 11.1. The minimum Gasteiger partial charge on any atom is -0.494 e. The van der Waals surface area contributed by atoms with Gasteiger partial charge in [0.1, 0.15) is 5.75 Å². The van der Waals surface area contributed by atoms with Gasteiger partial charge in [-0.05, 0) is 44.5 Å². The molecule has 84 valence electrons. The molecule has 0 spiro atoms. The Balaban J connectivity index is 2.48. The molecular formula is C13H21NO. The fraction of sp³-hybridized carbons (Fsp3) is 0.538. The lowest BCUT2D eigenvalue weighted by Gasteiger charge is -2.12. The molecule has 0 fully saturated rings. The van der Waals surface area contributed by atoms with E-state index in [1.54, 1.807) is 0 Å². The lowest BCUT2D eigenvalue weighted by atomic mass is 10.1. The van der Waals surface area contributed by atoms with E-state index in [1.807, 2.05) is 19.1 Å². The van der Waals surface area contributed by atoms with E-state index in [4.69, 9.17) is 4.74 Å². The first-order chi connectivity index (χ1) is 7.26. The smallest absolute Gasteiger partial charge is 0.119 e. The largest absolute Gasteiger partial charge is 0.494 e. The Kier molecular flexibility index (Phi) is 5.19. The Morgan fingerprint density at radius 2 is 1.87 bits per heavy atom. The minimum absolute atomic E-state index is 0.535. The molecule has 0 saturated heterocycles. The quantitative estimate of drug-likeness (QED) is 0.774. The second-order valence-electron chi connectivity index (χ2n) is 3.74. The Hall–Kier alpha value is -1.02. The van der Waals surface area contributed by atoms with E-state index in [9.17, 15) is 0 Å². The van der Waals surface area contributed by atoms with Crippen molar-refractivity contribution in [2.24, 2.45) is 0 Å². The molecule has 0 aliphatic heterocycles. The van der Waals surface area contributed by atoms with Crippen molar-refractivity contribution >= 4 is 0 Å². The summed E-state index contributed by atoms with van der Waals surface area (Å²) in [5.41, 5.74) is 1.35. The number of benzene rings is 1. The molecular weight excluding hydrogens is 186 g/mol. The van der Waals surface area contributed by atoms with Crippen LogP contribution >= 0.6 is 0 Å². The molecule has 2 heteroatoms. The molecule has 0 radical (unpaired) electrons. The van der Waals surface area contributed by atoms with E-state index < -0.39 is 0 Å². The number of likely N-dealkylation sites (N-methyl/N-ethyl adjacent to an activating group) is 1. The van der Waals surface area contributed by atoms with Gasteiger partial charge < -0.3 is 10.1 Å². The van der Waals surface area contributed by atoms with Crippen molar-refractivity contribution in [3.8, 4) is 5.75 Å². The third-order valence-corrected chi connectivity index (χ3v) is 2.33. The van der Waals surface area contributed by atoms with Gasteiger partial charge in [0.15, 0.2) is 0 Å². The Morgan fingerprint density at radius 3 is 2.40 bits per heavy atom. The van der Waals surface area contributed by atoms with Gasteiger partial charge in [0, 0.05) is 6.04 Å². The molecule has 1 atom stereocenters. The van der Waals surface area contributed by atoms with Crippen LogP contribution in [0.4, 0.5) is 0 Å². The minimum atomic E-state index is 0.535. The fourth-order valence-corrected chi connectivity index (χ4v) is 1.66. The maximum absolute atomic E-state index is 5.40. The topological polar surface area (TPSA) is 21.3 Å². The SMILES string of the molecule is CCNC(C)Cc1ccc(OCC)cc1. The molecule has 1 unspecified atom stereocenters. The molecule has 0 aliphatic carbocycles. The van der Waals surface area contributed by atoms with Gasteiger partial charge in [-0.25, -0.2) is 0 Å². The number of hydrogen-bond acceptors (Lipinski definition) is 2. The van der Waals surface area contributed by atoms with Crippen LogP contribution in [0.2, 0.25) is 0 Å². The summed E-state index contributed by atoms with van der Waals surface area (Å²) in [5, 5.41) is 3.40. The molecule has 0 amide bonds. The van der Waals surface area contributed by atoms with Crippen LogP contribution in [0.3, 0.4) is 0 Å². The number of hydrogen-bond donors (Lipinski definition) is 1. The summed E-state index contributed by atoms with van der Waals surface area (Å²) in [5.74, 6) is 0.956. The van der Waals surface area contributed by atoms with Crippen molar-refractivity contribution in [1.29, 1.82) is 0 Å². The number of nitrogens with one attached hydrogen (secondary N) is 1. The predicted octanol–water partition coefficient (Wildman–Crippen LogP) is 2.63. The Morgan fingerprint density at radius 1 is 1.20 bits per heavy atom. The van der Waals surface area contributed by atoms with E-state index in [0.717, 1.165) is 25.3 Å². The van der Waals surface area contributed by atoms with Crippen LogP contribution in [-0.2, 0) is 6.42 Å². The second kappa shape index (κ2) is 6.46. The van der Waals surface area contributed by atoms with Gasteiger partial charge in [-0.3, -0.25) is 0 Å². The third kappa shape index (κ3) is 4.34. The van der Waals surface area contributed by atoms with Crippen molar-refractivity contribution in [3.63, 3.8) is 0 Å². The van der Waals surface area contributed by atoms with Crippen LogP contribution < -0.4 is 10.1 Å². The summed E-state index contributed by atoms with van der Waals surface area (Å²) in [6.45, 7) is 8.10. The van der Waals surface area contributed by atoms with Crippen LogP contribution in [0.15, 0.2) is 24.3 Å².